The minimum Gasteiger partial charge on any atom is -0.344 e. The minimum atomic E-state index is -0.447. The molecule has 0 spiro atoms. The zero-order valence-corrected chi connectivity index (χ0v) is 14.9. The maximum Gasteiger partial charge on any atom is 0.316 e. The van der Waals surface area contributed by atoms with Gasteiger partial charge in [-0.1, -0.05) is 35.0 Å². The molecule has 2 aromatic heterocycles. The first-order valence-electron chi connectivity index (χ1n) is 8.30. The van der Waals surface area contributed by atoms with Crippen molar-refractivity contribution in [3.8, 4) is 17.1 Å². The van der Waals surface area contributed by atoms with Crippen LogP contribution in [0.3, 0.4) is 0 Å². The highest BCUT2D eigenvalue weighted by Crippen LogP contribution is 2.19. The van der Waals surface area contributed by atoms with E-state index in [-0.39, 0.29) is 12.4 Å². The lowest BCUT2D eigenvalue weighted by Gasteiger charge is -2.04. The Balaban J connectivity index is 1.45. The molecule has 0 unspecified atom stereocenters. The lowest BCUT2D eigenvalue weighted by atomic mass is 10.2. The fraction of sp³-hybridized carbons (Fsp3) is 0.0500. The van der Waals surface area contributed by atoms with Gasteiger partial charge < -0.3 is 14.4 Å². The molecule has 0 aliphatic heterocycles. The zero-order valence-electron chi connectivity index (χ0n) is 14.2. The summed E-state index contributed by atoms with van der Waals surface area (Å²) in [4.78, 5) is 16.4. The van der Waals surface area contributed by atoms with Crippen molar-refractivity contribution in [2.75, 3.05) is 0 Å². The average molecular weight is 379 g/mol. The molecule has 27 heavy (non-hydrogen) atoms. The van der Waals surface area contributed by atoms with Gasteiger partial charge in [-0.15, -0.1) is 0 Å². The summed E-state index contributed by atoms with van der Waals surface area (Å²) in [5.41, 5.74) is 2.60. The van der Waals surface area contributed by atoms with Gasteiger partial charge in [0, 0.05) is 35.2 Å². The molecule has 0 atom stereocenters. The Morgan fingerprint density at radius 1 is 1.04 bits per heavy atom. The van der Waals surface area contributed by atoms with Crippen molar-refractivity contribution in [1.82, 2.24) is 20.0 Å². The molecule has 4 rings (SSSR count). The highest BCUT2D eigenvalue weighted by Gasteiger charge is 2.16. The van der Waals surface area contributed by atoms with Crippen LogP contribution >= 0.6 is 11.6 Å². The standard InChI is InChI=1S/C20H15ClN4O2/c21-17-6-2-1-5-15(17)13-22-19(26)20-23-18(24-27-20)14-7-9-16(10-8-14)25-11-3-4-12-25/h1-12H,13H2,(H,22,26). The number of aromatic nitrogens is 3. The van der Waals surface area contributed by atoms with Gasteiger partial charge in [-0.2, -0.15) is 4.98 Å². The van der Waals surface area contributed by atoms with Crippen molar-refractivity contribution in [2.45, 2.75) is 6.54 Å². The van der Waals surface area contributed by atoms with Gasteiger partial charge in [0.25, 0.3) is 0 Å². The molecular formula is C20H15ClN4O2. The molecule has 0 saturated heterocycles. The lowest BCUT2D eigenvalue weighted by Crippen LogP contribution is -2.23. The van der Waals surface area contributed by atoms with Crippen molar-refractivity contribution in [1.29, 1.82) is 0 Å². The number of nitrogens with zero attached hydrogens (tertiary/aromatic N) is 3. The molecule has 2 aromatic carbocycles. The van der Waals surface area contributed by atoms with E-state index in [1.807, 2.05) is 71.6 Å². The van der Waals surface area contributed by atoms with Crippen LogP contribution in [0.25, 0.3) is 17.1 Å². The van der Waals surface area contributed by atoms with E-state index in [0.717, 1.165) is 16.8 Å². The monoisotopic (exact) mass is 378 g/mol. The first kappa shape index (κ1) is 17.1. The summed E-state index contributed by atoms with van der Waals surface area (Å²) in [5, 5.41) is 7.21. The second-order valence-corrected chi connectivity index (χ2v) is 6.24. The number of halogens is 1. The molecule has 0 aliphatic carbocycles. The number of carbonyl (C=O) groups is 1. The molecule has 4 aromatic rings. The van der Waals surface area contributed by atoms with Crippen LogP contribution in [0, 0.1) is 0 Å². The smallest absolute Gasteiger partial charge is 0.316 e. The van der Waals surface area contributed by atoms with Gasteiger partial charge in [0.1, 0.15) is 0 Å². The molecule has 6 nitrogen and oxygen atoms in total. The molecule has 0 radical (unpaired) electrons. The molecule has 0 bridgehead atoms. The van der Waals surface area contributed by atoms with Crippen molar-refractivity contribution < 1.29 is 9.32 Å². The quantitative estimate of drug-likeness (QED) is 0.567. The van der Waals surface area contributed by atoms with E-state index >= 15 is 0 Å². The van der Waals surface area contributed by atoms with Gasteiger partial charge in [-0.05, 0) is 48.0 Å². The fourth-order valence-electron chi connectivity index (χ4n) is 2.62. The van der Waals surface area contributed by atoms with Crippen molar-refractivity contribution in [3.63, 3.8) is 0 Å². The van der Waals surface area contributed by atoms with Crippen LogP contribution < -0.4 is 5.32 Å². The van der Waals surface area contributed by atoms with Crippen molar-refractivity contribution in [2.24, 2.45) is 0 Å². The molecule has 0 fully saturated rings. The molecular weight excluding hydrogens is 364 g/mol. The second kappa shape index (κ2) is 7.47. The number of hydrogen-bond donors (Lipinski definition) is 1. The zero-order chi connectivity index (χ0) is 18.6. The fourth-order valence-corrected chi connectivity index (χ4v) is 2.82. The van der Waals surface area contributed by atoms with Gasteiger partial charge in [0.05, 0.1) is 0 Å². The van der Waals surface area contributed by atoms with E-state index in [4.69, 9.17) is 16.1 Å². The van der Waals surface area contributed by atoms with E-state index in [2.05, 4.69) is 15.5 Å². The Morgan fingerprint density at radius 3 is 2.52 bits per heavy atom. The topological polar surface area (TPSA) is 73.0 Å². The van der Waals surface area contributed by atoms with E-state index in [9.17, 15) is 4.79 Å². The summed E-state index contributed by atoms with van der Waals surface area (Å²) in [6.45, 7) is 0.280. The normalized spacial score (nSPS) is 10.7. The third kappa shape index (κ3) is 3.75. The Kier molecular flexibility index (Phi) is 4.72. The number of rotatable bonds is 5. The van der Waals surface area contributed by atoms with Crippen LogP contribution in [0.4, 0.5) is 0 Å². The molecule has 1 amide bonds. The Hall–Kier alpha value is -3.38. The Morgan fingerprint density at radius 2 is 1.78 bits per heavy atom. The largest absolute Gasteiger partial charge is 0.344 e. The molecule has 134 valence electrons. The van der Waals surface area contributed by atoms with Crippen LogP contribution in [-0.4, -0.2) is 20.6 Å². The van der Waals surface area contributed by atoms with E-state index in [1.165, 1.54) is 0 Å². The van der Waals surface area contributed by atoms with Crippen molar-refractivity contribution >= 4 is 17.5 Å². The van der Waals surface area contributed by atoms with Crippen LogP contribution in [0.2, 0.25) is 5.02 Å². The second-order valence-electron chi connectivity index (χ2n) is 5.83. The van der Waals surface area contributed by atoms with Gasteiger partial charge >= 0.3 is 11.8 Å². The third-order valence-corrected chi connectivity index (χ3v) is 4.41. The SMILES string of the molecule is O=C(NCc1ccccc1Cl)c1nc(-c2ccc(-n3cccc3)cc2)no1. The summed E-state index contributed by atoms with van der Waals surface area (Å²) >= 11 is 6.08. The molecule has 2 heterocycles. The van der Waals surface area contributed by atoms with Gasteiger partial charge in [0.15, 0.2) is 0 Å². The molecule has 0 aliphatic rings. The summed E-state index contributed by atoms with van der Waals surface area (Å²) in [7, 11) is 0. The van der Waals surface area contributed by atoms with E-state index < -0.39 is 5.91 Å². The molecule has 7 heteroatoms. The average Bonchev–Trinajstić information content (AvgIpc) is 3.39. The summed E-state index contributed by atoms with van der Waals surface area (Å²) in [5.74, 6) is -0.180. The van der Waals surface area contributed by atoms with E-state index in [0.29, 0.717) is 10.8 Å². The summed E-state index contributed by atoms with van der Waals surface area (Å²) < 4.78 is 7.08. The molecule has 1 N–H and O–H groups in total. The number of amides is 1. The van der Waals surface area contributed by atoms with Crippen LogP contribution in [0.5, 0.6) is 0 Å². The van der Waals surface area contributed by atoms with Crippen LogP contribution in [-0.2, 0) is 6.54 Å². The highest BCUT2D eigenvalue weighted by molar-refractivity contribution is 6.31. The number of hydrogen-bond acceptors (Lipinski definition) is 4. The summed E-state index contributed by atoms with van der Waals surface area (Å²) in [6, 6.07) is 18.9. The predicted octanol–water partition coefficient (Wildman–Crippen LogP) is 4.11. The minimum absolute atomic E-state index is 0.0912. The first-order valence-corrected chi connectivity index (χ1v) is 8.67. The van der Waals surface area contributed by atoms with Gasteiger partial charge in [-0.3, -0.25) is 4.79 Å². The maximum atomic E-state index is 12.2. The first-order chi connectivity index (χ1) is 13.2. The van der Waals surface area contributed by atoms with Crippen LogP contribution in [0.1, 0.15) is 16.2 Å². The number of benzene rings is 2. The Labute approximate surface area is 160 Å². The third-order valence-electron chi connectivity index (χ3n) is 4.05. The lowest BCUT2D eigenvalue weighted by molar-refractivity contribution is 0.0907. The highest BCUT2D eigenvalue weighted by atomic mass is 35.5. The van der Waals surface area contributed by atoms with Crippen molar-refractivity contribution in [3.05, 3.63) is 89.5 Å². The number of carbonyl (C=O) groups excluding carboxylic acids is 1. The summed E-state index contributed by atoms with van der Waals surface area (Å²) in [6.07, 6.45) is 3.93. The van der Waals surface area contributed by atoms with E-state index in [1.54, 1.807) is 6.07 Å². The van der Waals surface area contributed by atoms with Gasteiger partial charge in [0.2, 0.25) is 5.82 Å². The Bertz CT molecular complexity index is 1060. The predicted molar refractivity (Wildman–Crippen MR) is 102 cm³/mol. The maximum absolute atomic E-state index is 12.2. The molecule has 0 saturated carbocycles. The van der Waals surface area contributed by atoms with Crippen LogP contribution in [0.15, 0.2) is 77.6 Å². The number of nitrogens with one attached hydrogen (secondary N) is 1. The van der Waals surface area contributed by atoms with Gasteiger partial charge in [-0.25, -0.2) is 0 Å².